The predicted octanol–water partition coefficient (Wildman–Crippen LogP) is 4.55. The number of benzene rings is 2. The fourth-order valence-corrected chi connectivity index (χ4v) is 4.30. The molecular formula is C27H28N2O6. The van der Waals surface area contributed by atoms with Crippen molar-refractivity contribution in [3.63, 3.8) is 0 Å². The zero-order valence-corrected chi connectivity index (χ0v) is 19.6. The van der Waals surface area contributed by atoms with Gasteiger partial charge in [-0.2, -0.15) is 0 Å². The van der Waals surface area contributed by atoms with Gasteiger partial charge in [0.05, 0.1) is 6.54 Å². The SMILES string of the molecule is CC[C@H](C)[C@H](NC(=O)c1ccc(CNC(=O)OCC2c3ccccc3-c3ccccc32)o1)C(=O)O. The molecule has 1 aliphatic carbocycles. The molecule has 0 saturated carbocycles. The van der Waals surface area contributed by atoms with Crippen molar-refractivity contribution in [1.29, 1.82) is 0 Å². The molecule has 1 aromatic heterocycles. The van der Waals surface area contributed by atoms with Crippen LogP contribution in [0.25, 0.3) is 11.1 Å². The lowest BCUT2D eigenvalue weighted by molar-refractivity contribution is -0.140. The third kappa shape index (κ3) is 5.21. The number of hydrogen-bond donors (Lipinski definition) is 3. The molecule has 0 spiro atoms. The summed E-state index contributed by atoms with van der Waals surface area (Å²) in [5, 5.41) is 14.5. The first kappa shape index (κ1) is 24.1. The topological polar surface area (TPSA) is 118 Å². The number of carboxylic acids is 1. The van der Waals surface area contributed by atoms with Crippen LogP contribution in [0.1, 0.15) is 53.6 Å². The maximum absolute atomic E-state index is 12.4. The normalized spacial score (nSPS) is 13.9. The van der Waals surface area contributed by atoms with Crippen molar-refractivity contribution in [2.75, 3.05) is 6.61 Å². The Morgan fingerprint density at radius 2 is 1.63 bits per heavy atom. The Bertz CT molecular complexity index is 1190. The van der Waals surface area contributed by atoms with E-state index in [1.165, 1.54) is 6.07 Å². The van der Waals surface area contributed by atoms with E-state index in [1.54, 1.807) is 13.0 Å². The Morgan fingerprint density at radius 1 is 1.00 bits per heavy atom. The zero-order chi connectivity index (χ0) is 24.9. The molecule has 2 amide bonds. The first-order valence-electron chi connectivity index (χ1n) is 11.6. The molecule has 0 unspecified atom stereocenters. The number of carbonyl (C=O) groups excluding carboxylic acids is 2. The van der Waals surface area contributed by atoms with Gasteiger partial charge in [-0.05, 0) is 40.3 Å². The zero-order valence-electron chi connectivity index (χ0n) is 19.6. The lowest BCUT2D eigenvalue weighted by Gasteiger charge is -2.19. The first-order chi connectivity index (χ1) is 16.9. The highest BCUT2D eigenvalue weighted by Crippen LogP contribution is 2.44. The van der Waals surface area contributed by atoms with Gasteiger partial charge in [-0.3, -0.25) is 4.79 Å². The molecule has 2 aromatic carbocycles. The maximum Gasteiger partial charge on any atom is 0.407 e. The van der Waals surface area contributed by atoms with E-state index in [1.807, 2.05) is 43.3 Å². The van der Waals surface area contributed by atoms with Gasteiger partial charge in [0.1, 0.15) is 18.4 Å². The summed E-state index contributed by atoms with van der Waals surface area (Å²) in [6.45, 7) is 3.83. The number of fused-ring (bicyclic) bond motifs is 3. The van der Waals surface area contributed by atoms with Gasteiger partial charge in [-0.25, -0.2) is 9.59 Å². The lowest BCUT2D eigenvalue weighted by atomic mass is 9.98. The van der Waals surface area contributed by atoms with E-state index in [-0.39, 0.29) is 30.7 Å². The van der Waals surface area contributed by atoms with Crippen molar-refractivity contribution in [3.05, 3.63) is 83.3 Å². The quantitative estimate of drug-likeness (QED) is 0.417. The number of nitrogens with one attached hydrogen (secondary N) is 2. The number of alkyl carbamates (subject to hydrolysis) is 1. The molecule has 0 bridgehead atoms. The van der Waals surface area contributed by atoms with E-state index < -0.39 is 24.0 Å². The summed E-state index contributed by atoms with van der Waals surface area (Å²) in [5.74, 6) is -1.68. The van der Waals surface area contributed by atoms with Gasteiger partial charge in [0.2, 0.25) is 0 Å². The van der Waals surface area contributed by atoms with Gasteiger partial charge < -0.3 is 24.9 Å². The Hall–Kier alpha value is -4.07. The van der Waals surface area contributed by atoms with Gasteiger partial charge in [-0.15, -0.1) is 0 Å². The summed E-state index contributed by atoms with van der Waals surface area (Å²) >= 11 is 0. The average molecular weight is 477 g/mol. The van der Waals surface area contributed by atoms with Crippen LogP contribution in [0.15, 0.2) is 65.1 Å². The van der Waals surface area contributed by atoms with Crippen LogP contribution < -0.4 is 10.6 Å². The number of carbonyl (C=O) groups is 3. The van der Waals surface area contributed by atoms with Crippen LogP contribution in [-0.4, -0.2) is 35.7 Å². The van der Waals surface area contributed by atoms with Crippen LogP contribution in [0.4, 0.5) is 4.79 Å². The minimum Gasteiger partial charge on any atom is -0.480 e. The molecule has 3 aromatic rings. The van der Waals surface area contributed by atoms with E-state index in [4.69, 9.17) is 9.15 Å². The number of ether oxygens (including phenoxy) is 1. The van der Waals surface area contributed by atoms with E-state index in [0.717, 1.165) is 22.3 Å². The fourth-order valence-electron chi connectivity index (χ4n) is 4.30. The van der Waals surface area contributed by atoms with Crippen molar-refractivity contribution < 1.29 is 28.6 Å². The molecule has 1 aliphatic rings. The van der Waals surface area contributed by atoms with Crippen molar-refractivity contribution >= 4 is 18.0 Å². The molecule has 182 valence electrons. The van der Waals surface area contributed by atoms with Crippen molar-refractivity contribution in [1.82, 2.24) is 10.6 Å². The highest BCUT2D eigenvalue weighted by Gasteiger charge is 2.29. The molecule has 0 saturated heterocycles. The summed E-state index contributed by atoms with van der Waals surface area (Å²) in [7, 11) is 0. The molecule has 1 heterocycles. The minimum atomic E-state index is -1.10. The second-order valence-corrected chi connectivity index (χ2v) is 8.62. The summed E-state index contributed by atoms with van der Waals surface area (Å²) in [6, 6.07) is 18.2. The Kier molecular flexibility index (Phi) is 7.19. The fraction of sp³-hybridized carbons (Fsp3) is 0.296. The van der Waals surface area contributed by atoms with Gasteiger partial charge in [-0.1, -0.05) is 68.8 Å². The van der Waals surface area contributed by atoms with Crippen LogP contribution in [0.3, 0.4) is 0 Å². The Labute approximate surface area is 203 Å². The van der Waals surface area contributed by atoms with Gasteiger partial charge in [0.15, 0.2) is 5.76 Å². The molecular weight excluding hydrogens is 448 g/mol. The molecule has 8 nitrogen and oxygen atoms in total. The minimum absolute atomic E-state index is 0.0242. The summed E-state index contributed by atoms with van der Waals surface area (Å²) < 4.78 is 11.0. The number of aliphatic carboxylic acids is 1. The van der Waals surface area contributed by atoms with E-state index >= 15 is 0 Å². The molecule has 2 atom stereocenters. The van der Waals surface area contributed by atoms with Crippen LogP contribution in [0.5, 0.6) is 0 Å². The highest BCUT2D eigenvalue weighted by molar-refractivity contribution is 5.94. The summed E-state index contributed by atoms with van der Waals surface area (Å²) in [4.78, 5) is 36.2. The van der Waals surface area contributed by atoms with E-state index in [0.29, 0.717) is 12.2 Å². The molecule has 0 radical (unpaired) electrons. The van der Waals surface area contributed by atoms with E-state index in [2.05, 4.69) is 22.8 Å². The van der Waals surface area contributed by atoms with Crippen LogP contribution >= 0.6 is 0 Å². The summed E-state index contributed by atoms with van der Waals surface area (Å²) in [5.41, 5.74) is 4.55. The molecule has 8 heteroatoms. The number of amides is 2. The highest BCUT2D eigenvalue weighted by atomic mass is 16.5. The smallest absolute Gasteiger partial charge is 0.407 e. The largest absolute Gasteiger partial charge is 0.480 e. The van der Waals surface area contributed by atoms with Gasteiger partial charge in [0.25, 0.3) is 5.91 Å². The monoisotopic (exact) mass is 476 g/mol. The predicted molar refractivity (Wildman–Crippen MR) is 129 cm³/mol. The van der Waals surface area contributed by atoms with Crippen molar-refractivity contribution in [2.24, 2.45) is 5.92 Å². The molecule has 4 rings (SSSR count). The molecule has 0 aliphatic heterocycles. The van der Waals surface area contributed by atoms with Gasteiger partial charge >= 0.3 is 12.1 Å². The number of hydrogen-bond acceptors (Lipinski definition) is 5. The third-order valence-corrected chi connectivity index (χ3v) is 6.40. The van der Waals surface area contributed by atoms with Crippen LogP contribution in [0.2, 0.25) is 0 Å². The van der Waals surface area contributed by atoms with Gasteiger partial charge in [0, 0.05) is 5.92 Å². The maximum atomic E-state index is 12.4. The van der Waals surface area contributed by atoms with Crippen molar-refractivity contribution in [2.45, 2.75) is 38.8 Å². The standard InChI is InChI=1S/C27H28N2O6/c1-3-16(2)24(26(31)32)29-25(30)23-13-12-17(35-23)14-28-27(33)34-15-22-20-10-6-4-8-18(20)19-9-5-7-11-21(19)22/h4-13,16,22,24H,3,14-15H2,1-2H3,(H,28,33)(H,29,30)(H,31,32)/t16-,24-/m0/s1. The average Bonchev–Trinajstić information content (AvgIpc) is 3.47. The summed E-state index contributed by atoms with van der Waals surface area (Å²) in [6.07, 6.45) is 0.00187. The molecule has 0 fully saturated rings. The van der Waals surface area contributed by atoms with E-state index in [9.17, 15) is 19.5 Å². The Balaban J connectivity index is 1.31. The molecule has 3 N–H and O–H groups in total. The van der Waals surface area contributed by atoms with Crippen molar-refractivity contribution in [3.8, 4) is 11.1 Å². The van der Waals surface area contributed by atoms with Crippen LogP contribution in [-0.2, 0) is 16.1 Å². The molecule has 35 heavy (non-hydrogen) atoms. The third-order valence-electron chi connectivity index (χ3n) is 6.40. The number of furan rings is 1. The second kappa shape index (κ2) is 10.5. The first-order valence-corrected chi connectivity index (χ1v) is 11.6. The second-order valence-electron chi connectivity index (χ2n) is 8.62. The number of rotatable bonds is 9. The lowest BCUT2D eigenvalue weighted by Crippen LogP contribution is -2.44. The number of carboxylic acid groups (broad SMARTS) is 1. The Morgan fingerprint density at radius 3 is 2.23 bits per heavy atom. The van der Waals surface area contributed by atoms with Crippen LogP contribution in [0, 0.1) is 5.92 Å².